The standard InChI is InChI=1S/C17H25NO2/c1-11(19)10-18-7-6-17(3)12(2)16(18)8-13-4-5-14(20)9-15(13)17/h4-5,9,11-12,16,19-20H,6-8,10H2,1-3H3/t11-,12+,16+,17-/m0/s1. The van der Waals surface area contributed by atoms with Crippen molar-refractivity contribution in [3.63, 3.8) is 0 Å². The fourth-order valence-corrected chi connectivity index (χ4v) is 4.26. The predicted octanol–water partition coefficient (Wildman–Crippen LogP) is 2.30. The van der Waals surface area contributed by atoms with E-state index in [2.05, 4.69) is 24.8 Å². The van der Waals surface area contributed by atoms with Crippen molar-refractivity contribution < 1.29 is 10.2 Å². The van der Waals surface area contributed by atoms with Crippen molar-refractivity contribution in [1.82, 2.24) is 4.90 Å². The highest BCUT2D eigenvalue weighted by Gasteiger charge is 2.48. The molecule has 3 nitrogen and oxygen atoms in total. The lowest BCUT2D eigenvalue weighted by Crippen LogP contribution is -2.59. The summed E-state index contributed by atoms with van der Waals surface area (Å²) >= 11 is 0. The molecule has 1 fully saturated rings. The lowest BCUT2D eigenvalue weighted by molar-refractivity contribution is 0.00490. The second-order valence-corrected chi connectivity index (χ2v) is 6.91. The number of nitrogens with zero attached hydrogens (tertiary/aromatic N) is 1. The Morgan fingerprint density at radius 3 is 2.90 bits per heavy atom. The van der Waals surface area contributed by atoms with Gasteiger partial charge in [0.1, 0.15) is 5.75 Å². The highest BCUT2D eigenvalue weighted by Crippen LogP contribution is 2.49. The molecule has 20 heavy (non-hydrogen) atoms. The second kappa shape index (κ2) is 4.74. The van der Waals surface area contributed by atoms with E-state index in [0.29, 0.717) is 17.7 Å². The highest BCUT2D eigenvalue weighted by molar-refractivity contribution is 5.44. The van der Waals surface area contributed by atoms with E-state index in [1.54, 1.807) is 6.07 Å². The zero-order valence-electron chi connectivity index (χ0n) is 12.6. The minimum atomic E-state index is -0.271. The molecular formula is C17H25NO2. The van der Waals surface area contributed by atoms with Crippen LogP contribution in [-0.4, -0.2) is 40.3 Å². The predicted molar refractivity (Wildman–Crippen MR) is 80.0 cm³/mol. The van der Waals surface area contributed by atoms with Gasteiger partial charge in [0.25, 0.3) is 0 Å². The summed E-state index contributed by atoms with van der Waals surface area (Å²) in [5, 5.41) is 19.5. The molecule has 4 atom stereocenters. The van der Waals surface area contributed by atoms with E-state index >= 15 is 0 Å². The maximum absolute atomic E-state index is 9.81. The number of aromatic hydroxyl groups is 1. The van der Waals surface area contributed by atoms with Crippen molar-refractivity contribution in [3.05, 3.63) is 29.3 Å². The SMILES string of the molecule is C[C@H](O)CN1CC[C@]2(C)c3cc(O)ccc3C[C@@H]1[C@H]2C. The average molecular weight is 275 g/mol. The van der Waals surface area contributed by atoms with Gasteiger partial charge in [-0.15, -0.1) is 0 Å². The molecule has 3 heteroatoms. The Bertz CT molecular complexity index is 514. The number of fused-ring (bicyclic) bond motifs is 4. The number of aliphatic hydroxyl groups excluding tert-OH is 1. The molecule has 2 bridgehead atoms. The van der Waals surface area contributed by atoms with Crippen LogP contribution in [0.15, 0.2) is 18.2 Å². The summed E-state index contributed by atoms with van der Waals surface area (Å²) < 4.78 is 0. The van der Waals surface area contributed by atoms with Crippen LogP contribution in [0.4, 0.5) is 0 Å². The van der Waals surface area contributed by atoms with Crippen LogP contribution >= 0.6 is 0 Å². The number of hydrogen-bond donors (Lipinski definition) is 2. The van der Waals surface area contributed by atoms with E-state index in [9.17, 15) is 10.2 Å². The maximum atomic E-state index is 9.81. The van der Waals surface area contributed by atoms with Gasteiger partial charge >= 0.3 is 0 Å². The highest BCUT2D eigenvalue weighted by atomic mass is 16.3. The first-order valence-corrected chi connectivity index (χ1v) is 7.66. The largest absolute Gasteiger partial charge is 0.508 e. The third-order valence-electron chi connectivity index (χ3n) is 5.61. The number of phenols is 1. The van der Waals surface area contributed by atoms with Crippen LogP contribution in [0.1, 0.15) is 38.3 Å². The van der Waals surface area contributed by atoms with Crippen LogP contribution < -0.4 is 0 Å². The molecule has 1 aromatic rings. The molecule has 0 aromatic heterocycles. The fourth-order valence-electron chi connectivity index (χ4n) is 4.26. The first-order valence-electron chi connectivity index (χ1n) is 7.66. The molecule has 110 valence electrons. The molecule has 1 heterocycles. The van der Waals surface area contributed by atoms with Crippen LogP contribution in [-0.2, 0) is 11.8 Å². The molecule has 2 N–H and O–H groups in total. The van der Waals surface area contributed by atoms with Crippen LogP contribution in [0.3, 0.4) is 0 Å². The van der Waals surface area contributed by atoms with E-state index in [0.717, 1.165) is 25.9 Å². The number of phenolic OH excluding ortho intramolecular Hbond substituents is 1. The summed E-state index contributed by atoms with van der Waals surface area (Å²) in [5.41, 5.74) is 2.84. The third-order valence-corrected chi connectivity index (χ3v) is 5.61. The summed E-state index contributed by atoms with van der Waals surface area (Å²) in [5.74, 6) is 0.923. The lowest BCUT2D eigenvalue weighted by atomic mass is 9.59. The molecule has 1 aromatic carbocycles. The molecule has 0 spiro atoms. The van der Waals surface area contributed by atoms with Crippen LogP contribution in [0.25, 0.3) is 0 Å². The molecular weight excluding hydrogens is 250 g/mol. The summed E-state index contributed by atoms with van der Waals surface area (Å²) in [4.78, 5) is 2.45. The Kier molecular flexibility index (Phi) is 3.30. The van der Waals surface area contributed by atoms with Crippen molar-refractivity contribution in [2.45, 2.75) is 51.2 Å². The van der Waals surface area contributed by atoms with E-state index in [-0.39, 0.29) is 11.5 Å². The van der Waals surface area contributed by atoms with Crippen molar-refractivity contribution in [2.24, 2.45) is 5.92 Å². The number of β-amino-alcohol motifs (C(OH)–C–C–N with tert-alkyl or cyclic N) is 1. The molecule has 0 unspecified atom stereocenters. The smallest absolute Gasteiger partial charge is 0.115 e. The summed E-state index contributed by atoms with van der Waals surface area (Å²) in [6.07, 6.45) is 1.85. The molecule has 2 aliphatic rings. The average Bonchev–Trinajstić information content (AvgIpc) is 2.38. The number of hydrogen-bond acceptors (Lipinski definition) is 3. The Morgan fingerprint density at radius 2 is 2.20 bits per heavy atom. The summed E-state index contributed by atoms with van der Waals surface area (Å²) in [6.45, 7) is 8.32. The van der Waals surface area contributed by atoms with E-state index in [4.69, 9.17) is 0 Å². The fraction of sp³-hybridized carbons (Fsp3) is 0.647. The summed E-state index contributed by atoms with van der Waals surface area (Å²) in [6, 6.07) is 6.34. The quantitative estimate of drug-likeness (QED) is 0.870. The Hall–Kier alpha value is -1.06. The maximum Gasteiger partial charge on any atom is 0.115 e. The van der Waals surface area contributed by atoms with E-state index in [1.807, 2.05) is 13.0 Å². The number of rotatable bonds is 2. The van der Waals surface area contributed by atoms with Gasteiger partial charge in [-0.25, -0.2) is 0 Å². The molecule has 0 amide bonds. The molecule has 0 radical (unpaired) electrons. The zero-order valence-corrected chi connectivity index (χ0v) is 12.6. The monoisotopic (exact) mass is 275 g/mol. The van der Waals surface area contributed by atoms with Crippen molar-refractivity contribution in [1.29, 1.82) is 0 Å². The van der Waals surface area contributed by atoms with Gasteiger partial charge in [-0.05, 0) is 60.9 Å². The second-order valence-electron chi connectivity index (χ2n) is 6.91. The van der Waals surface area contributed by atoms with Crippen LogP contribution in [0, 0.1) is 5.92 Å². The lowest BCUT2D eigenvalue weighted by Gasteiger charge is -2.54. The molecule has 1 saturated heterocycles. The minimum absolute atomic E-state index is 0.145. The van der Waals surface area contributed by atoms with E-state index in [1.165, 1.54) is 11.1 Å². The van der Waals surface area contributed by atoms with Crippen molar-refractivity contribution >= 4 is 0 Å². The van der Waals surface area contributed by atoms with Crippen LogP contribution in [0.5, 0.6) is 5.75 Å². The molecule has 1 aliphatic carbocycles. The molecule has 1 aliphatic heterocycles. The number of aliphatic hydroxyl groups is 1. The first-order chi connectivity index (χ1) is 9.41. The number of likely N-dealkylation sites (tertiary alicyclic amines) is 1. The van der Waals surface area contributed by atoms with Gasteiger partial charge in [-0.2, -0.15) is 0 Å². The van der Waals surface area contributed by atoms with Crippen LogP contribution in [0.2, 0.25) is 0 Å². The van der Waals surface area contributed by atoms with Gasteiger partial charge in [0.15, 0.2) is 0 Å². The first kappa shape index (κ1) is 13.9. The van der Waals surface area contributed by atoms with Gasteiger partial charge in [-0.1, -0.05) is 19.9 Å². The number of benzene rings is 1. The van der Waals surface area contributed by atoms with Gasteiger partial charge in [0.05, 0.1) is 6.10 Å². The van der Waals surface area contributed by atoms with Gasteiger partial charge in [0.2, 0.25) is 0 Å². The van der Waals surface area contributed by atoms with Gasteiger partial charge in [0, 0.05) is 12.6 Å². The Morgan fingerprint density at radius 1 is 1.45 bits per heavy atom. The Labute approximate surface area is 121 Å². The van der Waals surface area contributed by atoms with Crippen molar-refractivity contribution in [3.8, 4) is 5.75 Å². The molecule has 0 saturated carbocycles. The minimum Gasteiger partial charge on any atom is -0.508 e. The molecule has 3 rings (SSSR count). The van der Waals surface area contributed by atoms with Gasteiger partial charge < -0.3 is 10.2 Å². The zero-order chi connectivity index (χ0) is 14.5. The number of piperidine rings is 1. The van der Waals surface area contributed by atoms with Gasteiger partial charge in [-0.3, -0.25) is 4.90 Å². The van der Waals surface area contributed by atoms with E-state index < -0.39 is 0 Å². The Balaban J connectivity index is 1.99. The van der Waals surface area contributed by atoms with Crippen molar-refractivity contribution in [2.75, 3.05) is 13.1 Å². The summed E-state index contributed by atoms with van der Waals surface area (Å²) in [7, 11) is 0. The normalized spacial score (nSPS) is 34.6. The topological polar surface area (TPSA) is 43.7 Å². The third kappa shape index (κ3) is 2.04.